The van der Waals surface area contributed by atoms with Gasteiger partial charge in [0.25, 0.3) is 0 Å². The molecule has 37 heavy (non-hydrogen) atoms. The Hall–Kier alpha value is -4.27. The van der Waals surface area contributed by atoms with E-state index in [9.17, 15) is 0 Å². The number of pyridine rings is 3. The maximum Gasteiger partial charge on any atom is 3.00 e. The zero-order chi connectivity index (χ0) is 24.7. The Kier molecular flexibility index (Phi) is 11.6. The zero-order valence-corrected chi connectivity index (χ0v) is 21.7. The van der Waals surface area contributed by atoms with E-state index in [-0.39, 0.29) is 19.5 Å². The Morgan fingerprint density at radius 2 is 0.649 bits per heavy atom. The Balaban J connectivity index is 0.000000152. The topological polar surface area (TPSA) is 38.7 Å². The van der Waals surface area contributed by atoms with E-state index in [2.05, 4.69) is 33.2 Å². The van der Waals surface area contributed by atoms with Crippen LogP contribution in [0.2, 0.25) is 0 Å². The molecule has 0 bridgehead atoms. The minimum absolute atomic E-state index is 0. The molecule has 0 N–H and O–H groups in total. The molecule has 3 aromatic carbocycles. The van der Waals surface area contributed by atoms with Gasteiger partial charge in [-0.25, -0.2) is 0 Å². The molecule has 180 valence electrons. The molecule has 3 heterocycles. The van der Waals surface area contributed by atoms with Crippen LogP contribution in [0.1, 0.15) is 0 Å². The summed E-state index contributed by atoms with van der Waals surface area (Å²) in [5.74, 6) is 0. The van der Waals surface area contributed by atoms with Crippen molar-refractivity contribution in [2.24, 2.45) is 0 Å². The van der Waals surface area contributed by atoms with Crippen LogP contribution in [0.3, 0.4) is 0 Å². The maximum absolute atomic E-state index is 4.22. The van der Waals surface area contributed by atoms with Gasteiger partial charge in [-0.2, -0.15) is 0 Å². The van der Waals surface area contributed by atoms with Crippen molar-refractivity contribution < 1.29 is 19.5 Å². The Bertz CT molecular complexity index is 1090. The van der Waals surface area contributed by atoms with Crippen LogP contribution in [0.4, 0.5) is 0 Å². The number of benzene rings is 3. The van der Waals surface area contributed by atoms with Crippen LogP contribution in [0, 0.1) is 18.2 Å². The van der Waals surface area contributed by atoms with Crippen LogP contribution < -0.4 is 0 Å². The minimum atomic E-state index is 0. The molecule has 0 saturated carbocycles. The van der Waals surface area contributed by atoms with Crippen LogP contribution in [0.5, 0.6) is 0 Å². The van der Waals surface area contributed by atoms with Crippen molar-refractivity contribution in [1.82, 2.24) is 15.0 Å². The van der Waals surface area contributed by atoms with Gasteiger partial charge >= 0.3 is 19.5 Å². The van der Waals surface area contributed by atoms with Crippen molar-refractivity contribution in [1.29, 1.82) is 0 Å². The van der Waals surface area contributed by atoms with E-state index in [1.54, 1.807) is 18.6 Å². The van der Waals surface area contributed by atoms with E-state index in [1.807, 2.05) is 127 Å². The third-order valence-corrected chi connectivity index (χ3v) is 4.95. The summed E-state index contributed by atoms with van der Waals surface area (Å²) in [5.41, 5.74) is 6.03. The molecule has 0 aliphatic heterocycles. The van der Waals surface area contributed by atoms with Gasteiger partial charge in [0.2, 0.25) is 0 Å². The number of hydrogen-bond donors (Lipinski definition) is 0. The molecule has 0 aliphatic rings. The monoisotopic (exact) mass is 565 g/mol. The van der Waals surface area contributed by atoms with Crippen LogP contribution >= 0.6 is 0 Å². The van der Waals surface area contributed by atoms with Gasteiger partial charge < -0.3 is 15.0 Å². The van der Waals surface area contributed by atoms with Gasteiger partial charge in [-0.3, -0.25) is 0 Å². The summed E-state index contributed by atoms with van der Waals surface area (Å²) in [6, 6.07) is 50.5. The van der Waals surface area contributed by atoms with Crippen molar-refractivity contribution in [3.8, 4) is 33.8 Å². The number of nitrogens with zero attached hydrogens (tertiary/aromatic N) is 3. The average Bonchev–Trinajstić information content (AvgIpc) is 3.01. The smallest absolute Gasteiger partial charge is 0.305 e. The molecule has 0 amide bonds. The molecular weight excluding hydrogens is 541 g/mol. The quantitative estimate of drug-likeness (QED) is 0.164. The summed E-state index contributed by atoms with van der Waals surface area (Å²) < 4.78 is 0. The standard InChI is InChI=1S/3C11H8N.Rh/c3*1-2-6-10(7-3-1)11-8-4-5-9-12-11;/h3*1-6,8-9H;/q3*-1;+3. The number of aromatic nitrogens is 3. The molecule has 4 heteroatoms. The number of rotatable bonds is 3. The van der Waals surface area contributed by atoms with Crippen molar-refractivity contribution in [3.63, 3.8) is 0 Å². The number of hydrogen-bond acceptors (Lipinski definition) is 3. The van der Waals surface area contributed by atoms with Crippen LogP contribution in [0.25, 0.3) is 33.8 Å². The molecule has 0 aliphatic carbocycles. The molecule has 0 fully saturated rings. The molecule has 0 spiro atoms. The molecule has 0 atom stereocenters. The predicted octanol–water partition coefficient (Wildman–Crippen LogP) is 7.64. The van der Waals surface area contributed by atoms with Crippen molar-refractivity contribution >= 4 is 0 Å². The second kappa shape index (κ2) is 15.7. The van der Waals surface area contributed by atoms with Gasteiger partial charge in [-0.15, -0.1) is 108 Å². The third kappa shape index (κ3) is 9.03. The van der Waals surface area contributed by atoms with Crippen LogP contribution in [-0.4, -0.2) is 15.0 Å². The minimum Gasteiger partial charge on any atom is -0.305 e. The van der Waals surface area contributed by atoms with Crippen molar-refractivity contribution in [2.45, 2.75) is 0 Å². The summed E-state index contributed by atoms with van der Waals surface area (Å²) >= 11 is 0. The molecule has 0 radical (unpaired) electrons. The zero-order valence-electron chi connectivity index (χ0n) is 20.0. The van der Waals surface area contributed by atoms with E-state index < -0.39 is 0 Å². The summed E-state index contributed by atoms with van der Waals surface area (Å²) in [4.78, 5) is 12.7. The molecule has 0 unspecified atom stereocenters. The fourth-order valence-electron chi connectivity index (χ4n) is 3.22. The summed E-state index contributed by atoms with van der Waals surface area (Å²) in [5, 5.41) is 0. The SMILES string of the molecule is [Rh+3].[c-]1ccccc1-c1ccccn1.[c-]1ccccc1-c1ccccn1.[c-]1ccccc1-c1ccccn1. The predicted molar refractivity (Wildman–Crippen MR) is 146 cm³/mol. The first-order chi connectivity index (χ1) is 17.9. The van der Waals surface area contributed by atoms with E-state index in [1.165, 1.54) is 0 Å². The van der Waals surface area contributed by atoms with Crippen LogP contribution in [0.15, 0.2) is 146 Å². The van der Waals surface area contributed by atoms with Gasteiger partial charge in [-0.05, 0) is 35.3 Å². The fourth-order valence-corrected chi connectivity index (χ4v) is 3.22. The third-order valence-electron chi connectivity index (χ3n) is 4.95. The summed E-state index contributed by atoms with van der Waals surface area (Å²) in [6.07, 6.45) is 5.36. The fraction of sp³-hybridized carbons (Fsp3) is 0. The van der Waals surface area contributed by atoms with Gasteiger partial charge in [0.15, 0.2) is 0 Å². The first-order valence-corrected chi connectivity index (χ1v) is 11.5. The maximum atomic E-state index is 4.22. The Morgan fingerprint density at radius 1 is 0.351 bits per heavy atom. The van der Waals surface area contributed by atoms with Gasteiger partial charge in [0.1, 0.15) is 0 Å². The van der Waals surface area contributed by atoms with Crippen molar-refractivity contribution in [3.05, 3.63) is 164 Å². The summed E-state index contributed by atoms with van der Waals surface area (Å²) in [7, 11) is 0. The normalized spacial score (nSPS) is 9.41. The van der Waals surface area contributed by atoms with E-state index in [4.69, 9.17) is 0 Å². The second-order valence-electron chi connectivity index (χ2n) is 7.47. The van der Waals surface area contributed by atoms with E-state index >= 15 is 0 Å². The van der Waals surface area contributed by atoms with Gasteiger partial charge in [-0.1, -0.05) is 36.4 Å². The van der Waals surface area contributed by atoms with Gasteiger partial charge in [0.05, 0.1) is 0 Å². The Labute approximate surface area is 231 Å². The second-order valence-corrected chi connectivity index (χ2v) is 7.47. The summed E-state index contributed by atoms with van der Waals surface area (Å²) in [6.45, 7) is 0. The molecule has 3 aromatic heterocycles. The van der Waals surface area contributed by atoms with Gasteiger partial charge in [0, 0.05) is 18.6 Å². The largest absolute Gasteiger partial charge is 3.00 e. The molecular formula is C33H24N3Rh. The first-order valence-electron chi connectivity index (χ1n) is 11.5. The first kappa shape index (κ1) is 27.3. The average molecular weight is 565 g/mol. The van der Waals surface area contributed by atoms with Crippen LogP contribution in [-0.2, 0) is 19.5 Å². The van der Waals surface area contributed by atoms with E-state index in [0.717, 1.165) is 33.8 Å². The molecule has 6 aromatic rings. The molecule has 0 saturated heterocycles. The Morgan fingerprint density at radius 3 is 0.865 bits per heavy atom. The van der Waals surface area contributed by atoms with Crippen molar-refractivity contribution in [2.75, 3.05) is 0 Å². The molecule has 3 nitrogen and oxygen atoms in total. The van der Waals surface area contributed by atoms with E-state index in [0.29, 0.717) is 0 Å². The molecule has 6 rings (SSSR count).